The maximum absolute atomic E-state index is 12.1. The zero-order valence-corrected chi connectivity index (χ0v) is 15.3. The van der Waals surface area contributed by atoms with Crippen LogP contribution < -0.4 is 10.6 Å². The molecule has 0 aromatic carbocycles. The number of halogens is 2. The van der Waals surface area contributed by atoms with E-state index in [-0.39, 0.29) is 36.6 Å². The van der Waals surface area contributed by atoms with Crippen molar-refractivity contribution in [2.24, 2.45) is 5.92 Å². The fraction of sp³-hybridized carbons (Fsp3) is 0.933. The summed E-state index contributed by atoms with van der Waals surface area (Å²) in [4.78, 5) is 14.5. The maximum Gasteiger partial charge on any atom is 0.224 e. The number of ether oxygens (including phenoxy) is 1. The molecule has 1 atom stereocenters. The van der Waals surface area contributed by atoms with Gasteiger partial charge < -0.3 is 20.3 Å². The van der Waals surface area contributed by atoms with E-state index < -0.39 is 0 Å². The average Bonchev–Trinajstić information content (AvgIpc) is 2.94. The Labute approximate surface area is 146 Å². The third-order valence-electron chi connectivity index (χ3n) is 4.22. The minimum Gasteiger partial charge on any atom is -0.377 e. The molecule has 2 fully saturated rings. The topological polar surface area (TPSA) is 53.6 Å². The Balaban J connectivity index is 0.00000220. The van der Waals surface area contributed by atoms with Crippen molar-refractivity contribution in [3.05, 3.63) is 0 Å². The summed E-state index contributed by atoms with van der Waals surface area (Å²) in [7, 11) is 0. The molecule has 0 aromatic heterocycles. The first-order chi connectivity index (χ1) is 9.65. The summed E-state index contributed by atoms with van der Waals surface area (Å²) in [5.41, 5.74) is 0. The maximum atomic E-state index is 12.1. The van der Waals surface area contributed by atoms with E-state index in [1.54, 1.807) is 0 Å². The van der Waals surface area contributed by atoms with E-state index >= 15 is 0 Å². The van der Waals surface area contributed by atoms with Crippen molar-refractivity contribution >= 4 is 30.7 Å². The molecule has 0 radical (unpaired) electrons. The van der Waals surface area contributed by atoms with Crippen LogP contribution in [-0.4, -0.2) is 62.3 Å². The molecule has 0 saturated carbocycles. The minimum atomic E-state index is 0. The molecule has 1 unspecified atom stereocenters. The number of amides is 1. The van der Waals surface area contributed by atoms with Crippen molar-refractivity contribution in [1.29, 1.82) is 0 Å². The minimum absolute atomic E-state index is 0. The Hall–Kier alpha value is -0.0700. The highest BCUT2D eigenvalue weighted by molar-refractivity contribution is 5.85. The average molecular weight is 356 g/mol. The quantitative estimate of drug-likeness (QED) is 0.756. The number of piperidine rings is 1. The standard InChI is InChI=1S/C15H29N3O2.2ClH/c1-12(2)20-10-9-18-7-4-14(5-8-18)17-15(19)13-3-6-16-11-13;;/h12-14,16H,3-11H2,1-2H3,(H,17,19);2*1H. The van der Waals surface area contributed by atoms with Gasteiger partial charge in [0, 0.05) is 32.2 Å². The lowest BCUT2D eigenvalue weighted by Gasteiger charge is -2.32. The van der Waals surface area contributed by atoms with Gasteiger partial charge in [-0.2, -0.15) is 0 Å². The molecular weight excluding hydrogens is 325 g/mol. The molecule has 0 spiro atoms. The van der Waals surface area contributed by atoms with Crippen LogP contribution in [0.4, 0.5) is 0 Å². The fourth-order valence-electron chi connectivity index (χ4n) is 2.92. The van der Waals surface area contributed by atoms with Crippen molar-refractivity contribution in [1.82, 2.24) is 15.5 Å². The summed E-state index contributed by atoms with van der Waals surface area (Å²) in [6, 6.07) is 0.366. The molecule has 22 heavy (non-hydrogen) atoms. The lowest BCUT2D eigenvalue weighted by atomic mass is 10.0. The third kappa shape index (κ3) is 7.47. The van der Waals surface area contributed by atoms with E-state index in [1.807, 2.05) is 0 Å². The van der Waals surface area contributed by atoms with Crippen molar-refractivity contribution in [3.63, 3.8) is 0 Å². The molecule has 132 valence electrons. The van der Waals surface area contributed by atoms with E-state index in [9.17, 15) is 4.79 Å². The first-order valence-corrected chi connectivity index (χ1v) is 8.00. The summed E-state index contributed by atoms with van der Waals surface area (Å²) < 4.78 is 5.59. The molecule has 2 N–H and O–H groups in total. The molecule has 0 aromatic rings. The predicted octanol–water partition coefficient (Wildman–Crippen LogP) is 1.45. The van der Waals surface area contributed by atoms with Crippen LogP contribution in [-0.2, 0) is 9.53 Å². The lowest BCUT2D eigenvalue weighted by molar-refractivity contribution is -0.125. The second kappa shape index (κ2) is 11.5. The van der Waals surface area contributed by atoms with E-state index in [1.165, 1.54) is 0 Å². The summed E-state index contributed by atoms with van der Waals surface area (Å²) in [6.45, 7) is 9.90. The van der Waals surface area contributed by atoms with Crippen LogP contribution in [0.25, 0.3) is 0 Å². The SMILES string of the molecule is CC(C)OCCN1CCC(NC(=O)C2CCNC2)CC1.Cl.Cl. The van der Waals surface area contributed by atoms with E-state index in [2.05, 4.69) is 29.4 Å². The number of likely N-dealkylation sites (tertiary alicyclic amines) is 1. The van der Waals surface area contributed by atoms with Crippen LogP contribution >= 0.6 is 24.8 Å². The van der Waals surface area contributed by atoms with Crippen LogP contribution in [0.1, 0.15) is 33.1 Å². The summed E-state index contributed by atoms with van der Waals surface area (Å²) in [5, 5.41) is 6.47. The molecule has 2 rings (SSSR count). The van der Waals surface area contributed by atoms with Crippen LogP contribution in [0.3, 0.4) is 0 Å². The monoisotopic (exact) mass is 355 g/mol. The summed E-state index contributed by atoms with van der Waals surface area (Å²) >= 11 is 0. The highest BCUT2D eigenvalue weighted by Gasteiger charge is 2.26. The van der Waals surface area contributed by atoms with Crippen LogP contribution in [0.15, 0.2) is 0 Å². The van der Waals surface area contributed by atoms with Crippen molar-refractivity contribution in [2.75, 3.05) is 39.3 Å². The smallest absolute Gasteiger partial charge is 0.224 e. The van der Waals surface area contributed by atoms with Gasteiger partial charge >= 0.3 is 0 Å². The molecule has 7 heteroatoms. The summed E-state index contributed by atoms with van der Waals surface area (Å²) in [6.07, 6.45) is 3.42. The van der Waals surface area contributed by atoms with Crippen molar-refractivity contribution < 1.29 is 9.53 Å². The van der Waals surface area contributed by atoms with Crippen molar-refractivity contribution in [2.45, 2.75) is 45.3 Å². The Kier molecular flexibility index (Phi) is 11.4. The first kappa shape index (κ1) is 21.9. The molecule has 2 saturated heterocycles. The first-order valence-electron chi connectivity index (χ1n) is 8.00. The molecule has 0 aliphatic carbocycles. The number of rotatable bonds is 6. The van der Waals surface area contributed by atoms with Gasteiger partial charge in [0.25, 0.3) is 0 Å². The van der Waals surface area contributed by atoms with Gasteiger partial charge in [-0.15, -0.1) is 24.8 Å². The van der Waals surface area contributed by atoms with Gasteiger partial charge in [-0.1, -0.05) is 0 Å². The molecule has 2 heterocycles. The Morgan fingerprint density at radius 1 is 1.27 bits per heavy atom. The van der Waals surface area contributed by atoms with Gasteiger partial charge in [-0.05, 0) is 39.7 Å². The Morgan fingerprint density at radius 3 is 2.50 bits per heavy atom. The molecule has 1 amide bonds. The van der Waals surface area contributed by atoms with Crippen LogP contribution in [0.2, 0.25) is 0 Å². The lowest BCUT2D eigenvalue weighted by Crippen LogP contribution is -2.47. The second-order valence-electron chi connectivity index (χ2n) is 6.23. The second-order valence-corrected chi connectivity index (χ2v) is 6.23. The highest BCUT2D eigenvalue weighted by Crippen LogP contribution is 2.13. The number of carbonyl (C=O) groups is 1. The number of hydrogen-bond acceptors (Lipinski definition) is 4. The molecule has 2 aliphatic rings. The third-order valence-corrected chi connectivity index (χ3v) is 4.22. The summed E-state index contributed by atoms with van der Waals surface area (Å²) in [5.74, 6) is 0.434. The van der Waals surface area contributed by atoms with E-state index in [0.29, 0.717) is 12.1 Å². The zero-order valence-electron chi connectivity index (χ0n) is 13.7. The number of nitrogens with one attached hydrogen (secondary N) is 2. The number of carbonyl (C=O) groups excluding carboxylic acids is 1. The largest absolute Gasteiger partial charge is 0.377 e. The van der Waals surface area contributed by atoms with Gasteiger partial charge in [-0.25, -0.2) is 0 Å². The van der Waals surface area contributed by atoms with E-state index in [4.69, 9.17) is 4.74 Å². The highest BCUT2D eigenvalue weighted by atomic mass is 35.5. The van der Waals surface area contributed by atoms with E-state index in [0.717, 1.165) is 58.6 Å². The fourth-order valence-corrected chi connectivity index (χ4v) is 2.92. The van der Waals surface area contributed by atoms with Gasteiger partial charge in [0.1, 0.15) is 0 Å². The van der Waals surface area contributed by atoms with Gasteiger partial charge in [-0.3, -0.25) is 4.79 Å². The Morgan fingerprint density at radius 2 is 1.95 bits per heavy atom. The zero-order chi connectivity index (χ0) is 14.4. The van der Waals surface area contributed by atoms with Gasteiger partial charge in [0.2, 0.25) is 5.91 Å². The van der Waals surface area contributed by atoms with Crippen LogP contribution in [0.5, 0.6) is 0 Å². The normalized spacial score (nSPS) is 23.0. The Bertz CT molecular complexity index is 305. The molecule has 5 nitrogen and oxygen atoms in total. The van der Waals surface area contributed by atoms with Gasteiger partial charge in [0.15, 0.2) is 0 Å². The molecular formula is C15H31Cl2N3O2. The van der Waals surface area contributed by atoms with Crippen LogP contribution in [0, 0.1) is 5.92 Å². The van der Waals surface area contributed by atoms with Crippen molar-refractivity contribution in [3.8, 4) is 0 Å². The number of hydrogen-bond donors (Lipinski definition) is 2. The number of nitrogens with zero attached hydrogens (tertiary/aromatic N) is 1. The van der Waals surface area contributed by atoms with Gasteiger partial charge in [0.05, 0.1) is 18.6 Å². The molecule has 0 bridgehead atoms. The molecule has 2 aliphatic heterocycles. The predicted molar refractivity (Wildman–Crippen MR) is 94.2 cm³/mol.